The number of rotatable bonds is 6. The predicted octanol–water partition coefficient (Wildman–Crippen LogP) is 4.91. The first kappa shape index (κ1) is 13.7. The molecule has 0 nitrogen and oxygen atoms in total. The molecule has 0 aliphatic rings. The topological polar surface area (TPSA) is 0 Å². The minimum Gasteiger partial charge on any atom is -0.0917 e. The van der Waals surface area contributed by atoms with Gasteiger partial charge in [0.15, 0.2) is 0 Å². The zero-order valence-corrected chi connectivity index (χ0v) is 10.9. The Morgan fingerprint density at radius 1 is 0.929 bits per heavy atom. The third kappa shape index (κ3) is 5.47. The van der Waals surface area contributed by atoms with E-state index in [-0.39, 0.29) is 0 Å². The lowest BCUT2D eigenvalue weighted by Gasteiger charge is -2.27. The largest absolute Gasteiger partial charge is 0.0917 e. The van der Waals surface area contributed by atoms with Crippen molar-refractivity contribution in [1.82, 2.24) is 0 Å². The SMILES string of the molecule is CC=CCC(C)CC(C(C)C)C(C)C. The Morgan fingerprint density at radius 3 is 1.79 bits per heavy atom. The summed E-state index contributed by atoms with van der Waals surface area (Å²) in [5, 5.41) is 0. The van der Waals surface area contributed by atoms with Crippen LogP contribution < -0.4 is 0 Å². The molecule has 0 aromatic carbocycles. The van der Waals surface area contributed by atoms with Gasteiger partial charge in [0.2, 0.25) is 0 Å². The monoisotopic (exact) mass is 196 g/mol. The molecule has 0 heteroatoms. The van der Waals surface area contributed by atoms with Crippen LogP contribution in [0.4, 0.5) is 0 Å². The van der Waals surface area contributed by atoms with Crippen molar-refractivity contribution in [2.75, 3.05) is 0 Å². The summed E-state index contributed by atoms with van der Waals surface area (Å²) in [5.74, 6) is 3.36. The summed E-state index contributed by atoms with van der Waals surface area (Å²) in [6.45, 7) is 13.9. The molecule has 14 heavy (non-hydrogen) atoms. The maximum atomic E-state index is 2.37. The van der Waals surface area contributed by atoms with Gasteiger partial charge in [-0.3, -0.25) is 0 Å². The van der Waals surface area contributed by atoms with E-state index >= 15 is 0 Å². The Hall–Kier alpha value is -0.260. The zero-order chi connectivity index (χ0) is 11.1. The van der Waals surface area contributed by atoms with Crippen LogP contribution in [0.3, 0.4) is 0 Å². The Morgan fingerprint density at radius 2 is 1.43 bits per heavy atom. The van der Waals surface area contributed by atoms with Gasteiger partial charge in [-0.05, 0) is 43.4 Å². The Bertz CT molecular complexity index is 145. The van der Waals surface area contributed by atoms with Crippen molar-refractivity contribution in [2.45, 2.75) is 54.4 Å². The highest BCUT2D eigenvalue weighted by Gasteiger charge is 2.19. The molecule has 0 saturated carbocycles. The molecular weight excluding hydrogens is 168 g/mol. The van der Waals surface area contributed by atoms with Gasteiger partial charge in [0, 0.05) is 0 Å². The molecule has 0 spiro atoms. The minimum absolute atomic E-state index is 0.822. The average Bonchev–Trinajstić information content (AvgIpc) is 2.09. The van der Waals surface area contributed by atoms with Gasteiger partial charge in [-0.1, -0.05) is 46.8 Å². The molecular formula is C14H28. The quantitative estimate of drug-likeness (QED) is 0.530. The van der Waals surface area contributed by atoms with Gasteiger partial charge in [0.25, 0.3) is 0 Å². The van der Waals surface area contributed by atoms with Gasteiger partial charge in [0.05, 0.1) is 0 Å². The van der Waals surface area contributed by atoms with Gasteiger partial charge < -0.3 is 0 Å². The smallest absolute Gasteiger partial charge is 0.0325 e. The summed E-state index contributed by atoms with van der Waals surface area (Å²) in [5.41, 5.74) is 0. The predicted molar refractivity (Wildman–Crippen MR) is 66.4 cm³/mol. The molecule has 1 unspecified atom stereocenters. The van der Waals surface area contributed by atoms with E-state index in [4.69, 9.17) is 0 Å². The molecule has 0 saturated heterocycles. The van der Waals surface area contributed by atoms with E-state index < -0.39 is 0 Å². The van der Waals surface area contributed by atoms with Crippen molar-refractivity contribution in [3.63, 3.8) is 0 Å². The summed E-state index contributed by atoms with van der Waals surface area (Å²) in [6.07, 6.45) is 7.07. The summed E-state index contributed by atoms with van der Waals surface area (Å²) in [6, 6.07) is 0. The first-order valence-electron chi connectivity index (χ1n) is 6.10. The Kier molecular flexibility index (Phi) is 6.96. The first-order valence-corrected chi connectivity index (χ1v) is 6.10. The van der Waals surface area contributed by atoms with Crippen LogP contribution in [-0.2, 0) is 0 Å². The van der Waals surface area contributed by atoms with E-state index in [9.17, 15) is 0 Å². The van der Waals surface area contributed by atoms with Crippen LogP contribution in [0.15, 0.2) is 12.2 Å². The molecule has 0 N–H and O–H groups in total. The molecule has 0 rings (SSSR count). The molecule has 0 aromatic rings. The fourth-order valence-corrected chi connectivity index (χ4v) is 2.24. The fourth-order valence-electron chi connectivity index (χ4n) is 2.24. The summed E-state index contributed by atoms with van der Waals surface area (Å²) in [7, 11) is 0. The second kappa shape index (κ2) is 7.09. The molecule has 84 valence electrons. The van der Waals surface area contributed by atoms with Crippen LogP contribution in [-0.4, -0.2) is 0 Å². The van der Waals surface area contributed by atoms with E-state index in [0.29, 0.717) is 0 Å². The maximum Gasteiger partial charge on any atom is -0.0325 e. The highest BCUT2D eigenvalue weighted by Crippen LogP contribution is 2.28. The second-order valence-electron chi connectivity index (χ2n) is 5.30. The zero-order valence-electron chi connectivity index (χ0n) is 10.9. The summed E-state index contributed by atoms with van der Waals surface area (Å²) in [4.78, 5) is 0. The minimum atomic E-state index is 0.822. The maximum absolute atomic E-state index is 2.37. The van der Waals surface area contributed by atoms with Crippen molar-refractivity contribution < 1.29 is 0 Å². The van der Waals surface area contributed by atoms with Crippen molar-refractivity contribution in [2.24, 2.45) is 23.7 Å². The Balaban J connectivity index is 4.02. The Labute approximate surface area is 90.8 Å². The van der Waals surface area contributed by atoms with Gasteiger partial charge in [-0.15, -0.1) is 0 Å². The number of allylic oxidation sites excluding steroid dienone is 2. The molecule has 0 aliphatic carbocycles. The molecule has 0 aliphatic heterocycles. The normalized spacial score (nSPS) is 14.9. The van der Waals surface area contributed by atoms with Crippen LogP contribution in [0, 0.1) is 23.7 Å². The number of hydrogen-bond donors (Lipinski definition) is 0. The van der Waals surface area contributed by atoms with Crippen LogP contribution in [0.1, 0.15) is 54.4 Å². The highest BCUT2D eigenvalue weighted by atomic mass is 14.2. The van der Waals surface area contributed by atoms with E-state index in [2.05, 4.69) is 53.7 Å². The van der Waals surface area contributed by atoms with E-state index in [0.717, 1.165) is 23.7 Å². The molecule has 1 atom stereocenters. The molecule has 0 fully saturated rings. The third-order valence-electron chi connectivity index (χ3n) is 3.16. The molecule has 0 aromatic heterocycles. The molecule has 0 amide bonds. The van der Waals surface area contributed by atoms with E-state index in [1.807, 2.05) is 0 Å². The molecule has 0 radical (unpaired) electrons. The van der Waals surface area contributed by atoms with Crippen molar-refractivity contribution in [1.29, 1.82) is 0 Å². The van der Waals surface area contributed by atoms with Crippen molar-refractivity contribution in [3.8, 4) is 0 Å². The van der Waals surface area contributed by atoms with E-state index in [1.165, 1.54) is 12.8 Å². The van der Waals surface area contributed by atoms with Gasteiger partial charge in [0.1, 0.15) is 0 Å². The number of hydrogen-bond acceptors (Lipinski definition) is 0. The van der Waals surface area contributed by atoms with Gasteiger partial charge in [-0.25, -0.2) is 0 Å². The third-order valence-corrected chi connectivity index (χ3v) is 3.16. The van der Waals surface area contributed by atoms with Crippen LogP contribution >= 0.6 is 0 Å². The van der Waals surface area contributed by atoms with Gasteiger partial charge in [-0.2, -0.15) is 0 Å². The second-order valence-corrected chi connectivity index (χ2v) is 5.30. The van der Waals surface area contributed by atoms with Crippen molar-refractivity contribution >= 4 is 0 Å². The van der Waals surface area contributed by atoms with Crippen LogP contribution in [0.25, 0.3) is 0 Å². The van der Waals surface area contributed by atoms with Gasteiger partial charge >= 0.3 is 0 Å². The lowest BCUT2D eigenvalue weighted by atomic mass is 9.79. The fraction of sp³-hybridized carbons (Fsp3) is 0.857. The van der Waals surface area contributed by atoms with Crippen molar-refractivity contribution in [3.05, 3.63) is 12.2 Å². The van der Waals surface area contributed by atoms with Crippen LogP contribution in [0.2, 0.25) is 0 Å². The molecule has 0 heterocycles. The van der Waals surface area contributed by atoms with E-state index in [1.54, 1.807) is 0 Å². The lowest BCUT2D eigenvalue weighted by Crippen LogP contribution is -2.18. The average molecular weight is 196 g/mol. The highest BCUT2D eigenvalue weighted by molar-refractivity contribution is 4.80. The lowest BCUT2D eigenvalue weighted by molar-refractivity contribution is 0.235. The molecule has 0 bridgehead atoms. The first-order chi connectivity index (χ1) is 6.49. The standard InChI is InChI=1S/C14H28/c1-7-8-9-13(6)10-14(11(2)3)12(4)5/h7-8,11-14H,9-10H2,1-6H3. The summed E-state index contributed by atoms with van der Waals surface area (Å²) < 4.78 is 0. The summed E-state index contributed by atoms with van der Waals surface area (Å²) >= 11 is 0. The van der Waals surface area contributed by atoms with Crippen LogP contribution in [0.5, 0.6) is 0 Å².